The van der Waals surface area contributed by atoms with Crippen molar-refractivity contribution in [2.75, 3.05) is 0 Å². The first-order chi connectivity index (χ1) is 16.1. The molecular formula is C26H21FN6. The fraction of sp³-hybridized carbons (Fsp3) is 0.0769. The first-order valence-electron chi connectivity index (χ1n) is 10.5. The Morgan fingerprint density at radius 3 is 2.70 bits per heavy atom. The number of imidazole rings is 1. The van der Waals surface area contributed by atoms with E-state index in [1.807, 2.05) is 38.3 Å². The maximum Gasteiger partial charge on any atom is 0.181 e. The molecule has 0 aliphatic carbocycles. The van der Waals surface area contributed by atoms with Gasteiger partial charge in [0.15, 0.2) is 11.5 Å². The molecule has 33 heavy (non-hydrogen) atoms. The Morgan fingerprint density at radius 1 is 1.12 bits per heavy atom. The van der Waals surface area contributed by atoms with Gasteiger partial charge in [-0.3, -0.25) is 10.1 Å². The topological polar surface area (TPSA) is 83.1 Å². The number of hydrogen-bond donors (Lipinski definition) is 2. The summed E-state index contributed by atoms with van der Waals surface area (Å²) in [6.07, 6.45) is 9.44. The van der Waals surface area contributed by atoms with Crippen LogP contribution in [0.25, 0.3) is 50.4 Å². The molecule has 0 saturated carbocycles. The van der Waals surface area contributed by atoms with Crippen molar-refractivity contribution in [1.82, 2.24) is 30.1 Å². The average Bonchev–Trinajstić information content (AvgIpc) is 3.46. The van der Waals surface area contributed by atoms with Crippen molar-refractivity contribution >= 4 is 27.6 Å². The molecule has 2 N–H and O–H groups in total. The average molecular weight is 436 g/mol. The van der Waals surface area contributed by atoms with E-state index in [9.17, 15) is 4.39 Å². The lowest BCUT2D eigenvalue weighted by Crippen LogP contribution is -1.87. The lowest BCUT2D eigenvalue weighted by atomic mass is 10.0. The van der Waals surface area contributed by atoms with Crippen molar-refractivity contribution in [2.45, 2.75) is 13.8 Å². The quantitative estimate of drug-likeness (QED) is 0.320. The van der Waals surface area contributed by atoms with Crippen molar-refractivity contribution in [3.8, 4) is 22.8 Å². The number of aromatic amines is 2. The SMILES string of the molecule is C=C/C(C)=C\C(=C/C)c1cnc2n[nH]c(-c3nc4c(-c5ccc(F)cc5)nccc4[nH]3)c2c1. The van der Waals surface area contributed by atoms with Crippen LogP contribution in [0.2, 0.25) is 0 Å². The molecule has 0 aliphatic rings. The van der Waals surface area contributed by atoms with Crippen LogP contribution >= 0.6 is 0 Å². The summed E-state index contributed by atoms with van der Waals surface area (Å²) >= 11 is 0. The molecular weight excluding hydrogens is 415 g/mol. The molecule has 7 heteroatoms. The molecule has 0 amide bonds. The fourth-order valence-electron chi connectivity index (χ4n) is 3.75. The molecule has 4 aromatic heterocycles. The van der Waals surface area contributed by atoms with Gasteiger partial charge in [-0.2, -0.15) is 5.10 Å². The van der Waals surface area contributed by atoms with Gasteiger partial charge in [0.2, 0.25) is 0 Å². The Bertz CT molecular complexity index is 1550. The summed E-state index contributed by atoms with van der Waals surface area (Å²) in [7, 11) is 0. The molecule has 0 fully saturated rings. The summed E-state index contributed by atoms with van der Waals surface area (Å²) in [5, 5.41) is 8.27. The molecule has 5 aromatic rings. The van der Waals surface area contributed by atoms with Crippen LogP contribution in [0.4, 0.5) is 4.39 Å². The van der Waals surface area contributed by atoms with Crippen molar-refractivity contribution in [3.05, 3.63) is 90.6 Å². The molecule has 6 nitrogen and oxygen atoms in total. The number of halogens is 1. The molecule has 0 spiro atoms. The lowest BCUT2D eigenvalue weighted by molar-refractivity contribution is 0.628. The van der Waals surface area contributed by atoms with Crippen molar-refractivity contribution in [3.63, 3.8) is 0 Å². The third-order valence-electron chi connectivity index (χ3n) is 5.51. The number of fused-ring (bicyclic) bond motifs is 2. The smallest absolute Gasteiger partial charge is 0.181 e. The first kappa shape index (κ1) is 20.5. The predicted molar refractivity (Wildman–Crippen MR) is 130 cm³/mol. The highest BCUT2D eigenvalue weighted by Crippen LogP contribution is 2.31. The number of pyridine rings is 2. The standard InChI is InChI=1S/C26H21FN6/c1-4-15(3)12-16(5-2)18-13-20-23(32-33-25(20)29-14-18)26-30-21-10-11-28-22(24(21)31-26)17-6-8-19(27)9-7-17/h4-14H,1H2,2-3H3,(H,30,31)(H,29,32,33)/b15-12-,16-5+. The maximum atomic E-state index is 13.4. The van der Waals surface area contributed by atoms with Crippen molar-refractivity contribution in [2.24, 2.45) is 0 Å². The molecule has 0 atom stereocenters. The lowest BCUT2D eigenvalue weighted by Gasteiger charge is -2.03. The van der Waals surface area contributed by atoms with Crippen LogP contribution in [-0.2, 0) is 0 Å². The Labute approximate surface area is 189 Å². The van der Waals surface area contributed by atoms with Crippen LogP contribution in [0, 0.1) is 5.82 Å². The number of nitrogens with zero attached hydrogens (tertiary/aromatic N) is 4. The van der Waals surface area contributed by atoms with Gasteiger partial charge in [0.25, 0.3) is 0 Å². The summed E-state index contributed by atoms with van der Waals surface area (Å²) in [5.74, 6) is 0.335. The molecule has 5 rings (SSSR count). The summed E-state index contributed by atoms with van der Waals surface area (Å²) in [5.41, 5.74) is 7.41. The number of allylic oxidation sites excluding steroid dienone is 5. The van der Waals surface area contributed by atoms with Crippen LogP contribution in [0.1, 0.15) is 19.4 Å². The summed E-state index contributed by atoms with van der Waals surface area (Å²) in [6, 6.07) is 10.1. The zero-order valence-corrected chi connectivity index (χ0v) is 18.2. The molecule has 1 aromatic carbocycles. The number of nitrogens with one attached hydrogen (secondary N) is 2. The van der Waals surface area contributed by atoms with Crippen LogP contribution in [0.15, 0.2) is 79.2 Å². The zero-order chi connectivity index (χ0) is 22.9. The maximum absolute atomic E-state index is 13.4. The van der Waals surface area contributed by atoms with Gasteiger partial charge in [-0.25, -0.2) is 14.4 Å². The van der Waals surface area contributed by atoms with Crippen LogP contribution in [0.5, 0.6) is 0 Å². The number of rotatable bonds is 5. The first-order valence-corrected chi connectivity index (χ1v) is 10.5. The monoisotopic (exact) mass is 436 g/mol. The van der Waals surface area contributed by atoms with Crippen LogP contribution in [0.3, 0.4) is 0 Å². The third-order valence-corrected chi connectivity index (χ3v) is 5.51. The van der Waals surface area contributed by atoms with Gasteiger partial charge in [-0.1, -0.05) is 30.4 Å². The molecule has 0 radical (unpaired) electrons. The highest BCUT2D eigenvalue weighted by molar-refractivity contribution is 5.96. The second-order valence-electron chi connectivity index (χ2n) is 7.68. The van der Waals surface area contributed by atoms with E-state index in [-0.39, 0.29) is 5.82 Å². The van der Waals surface area contributed by atoms with E-state index in [0.29, 0.717) is 22.7 Å². The second-order valence-corrected chi connectivity index (χ2v) is 7.68. The van der Waals surface area contributed by atoms with Gasteiger partial charge in [0.1, 0.15) is 17.0 Å². The normalized spacial score (nSPS) is 12.6. The fourth-order valence-corrected chi connectivity index (χ4v) is 3.75. The summed E-state index contributed by atoms with van der Waals surface area (Å²) in [4.78, 5) is 17.2. The summed E-state index contributed by atoms with van der Waals surface area (Å²) < 4.78 is 13.4. The minimum absolute atomic E-state index is 0.292. The molecule has 0 unspecified atom stereocenters. The van der Waals surface area contributed by atoms with Gasteiger partial charge < -0.3 is 4.98 Å². The van der Waals surface area contributed by atoms with E-state index in [0.717, 1.165) is 38.9 Å². The molecule has 0 saturated heterocycles. The minimum atomic E-state index is -0.292. The molecule has 162 valence electrons. The third kappa shape index (κ3) is 3.74. The zero-order valence-electron chi connectivity index (χ0n) is 18.2. The van der Waals surface area contributed by atoms with Crippen molar-refractivity contribution in [1.29, 1.82) is 0 Å². The van der Waals surface area contributed by atoms with Gasteiger partial charge in [0, 0.05) is 23.5 Å². The second kappa shape index (κ2) is 8.27. The van der Waals surface area contributed by atoms with Gasteiger partial charge in [-0.05, 0) is 55.8 Å². The number of H-pyrrole nitrogens is 2. The van der Waals surface area contributed by atoms with E-state index in [1.54, 1.807) is 18.3 Å². The summed E-state index contributed by atoms with van der Waals surface area (Å²) in [6.45, 7) is 7.83. The molecule has 0 bridgehead atoms. The molecule has 4 heterocycles. The Balaban J connectivity index is 1.63. The van der Waals surface area contributed by atoms with Crippen LogP contribution < -0.4 is 0 Å². The number of benzene rings is 1. The largest absolute Gasteiger partial charge is 0.337 e. The Kier molecular flexibility index (Phi) is 5.14. The molecule has 0 aliphatic heterocycles. The number of aromatic nitrogens is 6. The highest BCUT2D eigenvalue weighted by Gasteiger charge is 2.16. The van der Waals surface area contributed by atoms with Gasteiger partial charge in [0.05, 0.1) is 16.6 Å². The van der Waals surface area contributed by atoms with Gasteiger partial charge >= 0.3 is 0 Å². The highest BCUT2D eigenvalue weighted by atomic mass is 19.1. The van der Waals surface area contributed by atoms with E-state index in [2.05, 4.69) is 43.9 Å². The van der Waals surface area contributed by atoms with Crippen molar-refractivity contribution < 1.29 is 4.39 Å². The number of hydrogen-bond acceptors (Lipinski definition) is 4. The van der Waals surface area contributed by atoms with E-state index < -0.39 is 0 Å². The Hall–Kier alpha value is -4.39. The Morgan fingerprint density at radius 2 is 1.94 bits per heavy atom. The predicted octanol–water partition coefficient (Wildman–Crippen LogP) is 6.24. The van der Waals surface area contributed by atoms with Gasteiger partial charge in [-0.15, -0.1) is 0 Å². The van der Waals surface area contributed by atoms with Crippen LogP contribution in [-0.4, -0.2) is 30.1 Å². The minimum Gasteiger partial charge on any atom is -0.337 e. The van der Waals surface area contributed by atoms with E-state index in [1.165, 1.54) is 12.1 Å². The van der Waals surface area contributed by atoms with E-state index in [4.69, 9.17) is 4.98 Å². The van der Waals surface area contributed by atoms with E-state index >= 15 is 0 Å².